The van der Waals surface area contributed by atoms with Gasteiger partial charge in [-0.15, -0.1) is 0 Å². The van der Waals surface area contributed by atoms with Crippen molar-refractivity contribution in [2.45, 2.75) is 67.5 Å². The maximum atomic E-state index is 11.6. The number of carboxylic acids is 1. The molecular weight excluding hydrogens is 436 g/mol. The van der Waals surface area contributed by atoms with E-state index in [0.29, 0.717) is 5.56 Å². The first kappa shape index (κ1) is 24.9. The molecule has 2 heterocycles. The van der Waals surface area contributed by atoms with E-state index in [1.807, 2.05) is 0 Å². The number of carboxylic acid groups (broad SMARTS) is 1. The maximum Gasteiger partial charge on any atom is 0.335 e. The van der Waals surface area contributed by atoms with Gasteiger partial charge in [-0.25, -0.2) is 4.79 Å². The fraction of sp³-hybridized carbons (Fsp3) is 0.632. The predicted molar refractivity (Wildman–Crippen MR) is 99.4 cm³/mol. The molecule has 0 amide bonds. The zero-order valence-electron chi connectivity index (χ0n) is 16.6. The largest absolute Gasteiger partial charge is 0.479 e. The first-order chi connectivity index (χ1) is 15.1. The van der Waals surface area contributed by atoms with E-state index in [1.54, 1.807) is 0 Å². The SMILES string of the molecule is O=C(O)[C@H]1O[C@](OC2O[C@H](CO)[C@@H](O)[C@H](O)[C@H]2O)(c2ccc(CO)cc2)[C@H](O)[C@@H](O)[C@@H]1O. The Balaban J connectivity index is 2.07. The molecule has 10 atom stereocenters. The van der Waals surface area contributed by atoms with E-state index in [9.17, 15) is 50.8 Å². The van der Waals surface area contributed by atoms with Crippen LogP contribution in [-0.2, 0) is 31.4 Å². The van der Waals surface area contributed by atoms with Gasteiger partial charge in [0.05, 0.1) is 13.2 Å². The van der Waals surface area contributed by atoms with Crippen molar-refractivity contribution in [1.29, 1.82) is 0 Å². The Labute approximate surface area is 181 Å². The average Bonchev–Trinajstić information content (AvgIpc) is 2.79. The van der Waals surface area contributed by atoms with Crippen LogP contribution < -0.4 is 0 Å². The number of hydrogen-bond acceptors (Lipinski definition) is 12. The van der Waals surface area contributed by atoms with E-state index in [1.165, 1.54) is 24.3 Å². The first-order valence-electron chi connectivity index (χ1n) is 9.70. The molecule has 180 valence electrons. The van der Waals surface area contributed by atoms with Gasteiger partial charge in [0.2, 0.25) is 5.79 Å². The number of carbonyl (C=O) groups is 1. The van der Waals surface area contributed by atoms with Crippen LogP contribution >= 0.6 is 0 Å². The molecule has 2 fully saturated rings. The Bertz CT molecular complexity index is 786. The molecule has 0 spiro atoms. The third-order valence-corrected chi connectivity index (χ3v) is 5.60. The summed E-state index contributed by atoms with van der Waals surface area (Å²) in [7, 11) is 0. The van der Waals surface area contributed by atoms with Gasteiger partial charge in [0.15, 0.2) is 12.4 Å². The molecule has 13 nitrogen and oxygen atoms in total. The van der Waals surface area contributed by atoms with Gasteiger partial charge in [-0.1, -0.05) is 24.3 Å². The number of benzene rings is 1. The van der Waals surface area contributed by atoms with E-state index >= 15 is 0 Å². The summed E-state index contributed by atoms with van der Waals surface area (Å²) >= 11 is 0. The van der Waals surface area contributed by atoms with Crippen LogP contribution in [0.15, 0.2) is 24.3 Å². The summed E-state index contributed by atoms with van der Waals surface area (Å²) in [6.07, 6.45) is -17.1. The number of aliphatic carboxylic acids is 1. The second-order valence-electron chi connectivity index (χ2n) is 7.64. The van der Waals surface area contributed by atoms with Gasteiger partial charge in [-0.3, -0.25) is 0 Å². The molecule has 0 saturated carbocycles. The van der Waals surface area contributed by atoms with E-state index in [4.69, 9.17) is 14.2 Å². The molecule has 9 N–H and O–H groups in total. The molecule has 1 aromatic rings. The molecule has 3 rings (SSSR count). The molecule has 1 unspecified atom stereocenters. The Kier molecular flexibility index (Phi) is 7.48. The summed E-state index contributed by atoms with van der Waals surface area (Å²) in [5, 5.41) is 89.6. The molecule has 2 aliphatic heterocycles. The van der Waals surface area contributed by atoms with Crippen molar-refractivity contribution >= 4 is 5.97 Å². The third-order valence-electron chi connectivity index (χ3n) is 5.60. The maximum absolute atomic E-state index is 11.6. The van der Waals surface area contributed by atoms with Crippen LogP contribution in [0.4, 0.5) is 0 Å². The lowest BCUT2D eigenvalue weighted by Gasteiger charge is -2.50. The van der Waals surface area contributed by atoms with Gasteiger partial charge in [0, 0.05) is 5.56 Å². The van der Waals surface area contributed by atoms with Crippen molar-refractivity contribution in [1.82, 2.24) is 0 Å². The standard InChI is InChI=1S/C19H26O13/c20-5-7-1-3-8(4-2-7)19(16(27)13(25)12(24)15(31-19)17(28)29)32-18-14(26)11(23)10(22)9(6-21)30-18/h1-4,9-16,18,20-27H,5-6H2,(H,28,29)/t9-,10-,11+,12+,13+,14-,15+,16-,18?,19+/m1/s1. The number of hydrogen-bond donors (Lipinski definition) is 9. The number of aliphatic hydroxyl groups excluding tert-OH is 8. The van der Waals surface area contributed by atoms with Crippen molar-refractivity contribution in [2.75, 3.05) is 6.61 Å². The minimum atomic E-state index is -2.55. The van der Waals surface area contributed by atoms with Gasteiger partial charge in [0.25, 0.3) is 0 Å². The second kappa shape index (κ2) is 9.62. The number of aliphatic hydroxyl groups is 8. The highest BCUT2D eigenvalue weighted by Gasteiger charge is 2.60. The normalized spacial score (nSPS) is 42.6. The van der Waals surface area contributed by atoms with Crippen LogP contribution in [0.2, 0.25) is 0 Å². The Hall–Kier alpha value is -1.75. The van der Waals surface area contributed by atoms with Crippen LogP contribution in [0.1, 0.15) is 11.1 Å². The topological polar surface area (TPSA) is 227 Å². The molecule has 2 saturated heterocycles. The van der Waals surface area contributed by atoms with E-state index < -0.39 is 73.5 Å². The first-order valence-corrected chi connectivity index (χ1v) is 9.70. The Morgan fingerprint density at radius 3 is 2.06 bits per heavy atom. The van der Waals surface area contributed by atoms with E-state index in [2.05, 4.69) is 0 Å². The van der Waals surface area contributed by atoms with E-state index in [-0.39, 0.29) is 12.2 Å². The van der Waals surface area contributed by atoms with E-state index in [0.717, 1.165) is 0 Å². The molecule has 1 aromatic carbocycles. The predicted octanol–water partition coefficient (Wildman–Crippen LogP) is -4.29. The van der Waals surface area contributed by atoms with Crippen LogP contribution in [0.25, 0.3) is 0 Å². The summed E-state index contributed by atoms with van der Waals surface area (Å²) in [6, 6.07) is 5.33. The van der Waals surface area contributed by atoms with Crippen LogP contribution in [0.3, 0.4) is 0 Å². The molecule has 2 aliphatic rings. The lowest BCUT2D eigenvalue weighted by Crippen LogP contribution is -2.68. The Morgan fingerprint density at radius 1 is 0.906 bits per heavy atom. The average molecular weight is 462 g/mol. The summed E-state index contributed by atoms with van der Waals surface area (Å²) in [5.41, 5.74) is 0.341. The fourth-order valence-electron chi connectivity index (χ4n) is 3.70. The van der Waals surface area contributed by atoms with Crippen LogP contribution in [-0.4, -0.2) is 114 Å². The number of rotatable bonds is 6. The van der Waals surface area contributed by atoms with Crippen molar-refractivity contribution in [3.05, 3.63) is 35.4 Å². The van der Waals surface area contributed by atoms with Crippen molar-refractivity contribution in [3.63, 3.8) is 0 Å². The minimum absolute atomic E-state index is 0.0867. The third kappa shape index (κ3) is 4.25. The molecule has 0 aromatic heterocycles. The summed E-state index contributed by atoms with van der Waals surface area (Å²) < 4.78 is 16.3. The van der Waals surface area contributed by atoms with Crippen molar-refractivity contribution < 1.29 is 65.0 Å². The van der Waals surface area contributed by atoms with Gasteiger partial charge in [-0.05, 0) is 5.56 Å². The zero-order valence-corrected chi connectivity index (χ0v) is 16.6. The second-order valence-corrected chi connectivity index (χ2v) is 7.64. The summed E-state index contributed by atoms with van der Waals surface area (Å²) in [4.78, 5) is 11.6. The molecule has 13 heteroatoms. The smallest absolute Gasteiger partial charge is 0.335 e. The molecule has 32 heavy (non-hydrogen) atoms. The monoisotopic (exact) mass is 462 g/mol. The Morgan fingerprint density at radius 2 is 1.53 bits per heavy atom. The van der Waals surface area contributed by atoms with Crippen LogP contribution in [0.5, 0.6) is 0 Å². The zero-order chi connectivity index (χ0) is 23.8. The number of ether oxygens (including phenoxy) is 3. The summed E-state index contributed by atoms with van der Waals surface area (Å²) in [6.45, 7) is -1.13. The fourth-order valence-corrected chi connectivity index (χ4v) is 3.70. The highest BCUT2D eigenvalue weighted by molar-refractivity contribution is 5.73. The van der Waals surface area contributed by atoms with Gasteiger partial charge in [-0.2, -0.15) is 0 Å². The van der Waals surface area contributed by atoms with Gasteiger partial charge >= 0.3 is 5.97 Å². The van der Waals surface area contributed by atoms with Gasteiger partial charge < -0.3 is 60.2 Å². The highest BCUT2D eigenvalue weighted by Crippen LogP contribution is 2.42. The summed E-state index contributed by atoms with van der Waals surface area (Å²) in [5.74, 6) is -4.25. The molecule has 0 bridgehead atoms. The molecule has 0 radical (unpaired) electrons. The molecule has 0 aliphatic carbocycles. The highest BCUT2D eigenvalue weighted by atomic mass is 16.8. The lowest BCUT2D eigenvalue weighted by atomic mass is 9.87. The van der Waals surface area contributed by atoms with Crippen molar-refractivity contribution in [2.24, 2.45) is 0 Å². The van der Waals surface area contributed by atoms with Gasteiger partial charge in [0.1, 0.15) is 42.7 Å². The quantitative estimate of drug-likeness (QED) is 0.195. The van der Waals surface area contributed by atoms with Crippen LogP contribution in [0, 0.1) is 0 Å². The van der Waals surface area contributed by atoms with Crippen molar-refractivity contribution in [3.8, 4) is 0 Å². The minimum Gasteiger partial charge on any atom is -0.479 e. The molecular formula is C19H26O13. The lowest BCUT2D eigenvalue weighted by molar-refractivity contribution is -0.425.